The third-order valence-electron chi connectivity index (χ3n) is 4.52. The van der Waals surface area contributed by atoms with Gasteiger partial charge in [-0.2, -0.15) is 5.26 Å². The Kier molecular flexibility index (Phi) is 2.98. The first-order chi connectivity index (χ1) is 11.2. The average molecular weight is 304 g/mol. The van der Waals surface area contributed by atoms with E-state index in [1.807, 2.05) is 17.0 Å². The number of carbonyl (C=O) groups excluding carboxylic acids is 1. The monoisotopic (exact) mass is 304 g/mol. The van der Waals surface area contributed by atoms with E-state index in [0.717, 1.165) is 17.6 Å². The van der Waals surface area contributed by atoms with Gasteiger partial charge >= 0.3 is 0 Å². The summed E-state index contributed by atoms with van der Waals surface area (Å²) < 4.78 is 1.72. The third kappa shape index (κ3) is 2.11. The van der Waals surface area contributed by atoms with Crippen molar-refractivity contribution in [1.82, 2.24) is 14.5 Å². The number of aromatic nitrogens is 2. The van der Waals surface area contributed by atoms with E-state index in [4.69, 9.17) is 5.26 Å². The molecule has 3 aromatic rings. The molecule has 0 spiro atoms. The zero-order valence-electron chi connectivity index (χ0n) is 12.8. The Morgan fingerprint density at radius 1 is 1.35 bits per heavy atom. The molecule has 0 aliphatic carbocycles. The van der Waals surface area contributed by atoms with Gasteiger partial charge in [0, 0.05) is 36.4 Å². The molecule has 0 atom stereocenters. The van der Waals surface area contributed by atoms with E-state index in [0.29, 0.717) is 24.3 Å². The van der Waals surface area contributed by atoms with Crippen LogP contribution >= 0.6 is 0 Å². The predicted octanol–water partition coefficient (Wildman–Crippen LogP) is 2.58. The number of hydrogen-bond acceptors (Lipinski definition) is 2. The summed E-state index contributed by atoms with van der Waals surface area (Å²) in [5, 5.41) is 10.2. The maximum absolute atomic E-state index is 12.8. The van der Waals surface area contributed by atoms with Crippen LogP contribution in [0.5, 0.6) is 0 Å². The summed E-state index contributed by atoms with van der Waals surface area (Å²) in [7, 11) is 1.80. The minimum atomic E-state index is -0.0293. The van der Waals surface area contributed by atoms with Crippen LogP contribution in [0.25, 0.3) is 10.9 Å². The number of nitrogens with one attached hydrogen (secondary N) is 1. The predicted molar refractivity (Wildman–Crippen MR) is 86.9 cm³/mol. The second-order valence-corrected chi connectivity index (χ2v) is 5.94. The molecular weight excluding hydrogens is 288 g/mol. The molecule has 0 unspecified atom stereocenters. The number of fused-ring (bicyclic) bond motifs is 3. The summed E-state index contributed by atoms with van der Waals surface area (Å²) in [6.07, 6.45) is 2.53. The van der Waals surface area contributed by atoms with E-state index in [1.54, 1.807) is 23.9 Å². The lowest BCUT2D eigenvalue weighted by Crippen LogP contribution is -2.36. The number of amides is 1. The van der Waals surface area contributed by atoms with Gasteiger partial charge in [-0.25, -0.2) is 0 Å². The molecule has 2 aromatic heterocycles. The highest BCUT2D eigenvalue weighted by atomic mass is 16.2. The van der Waals surface area contributed by atoms with Crippen molar-refractivity contribution in [3.63, 3.8) is 0 Å². The van der Waals surface area contributed by atoms with Gasteiger partial charge in [-0.05, 0) is 24.1 Å². The van der Waals surface area contributed by atoms with E-state index < -0.39 is 0 Å². The van der Waals surface area contributed by atoms with Crippen molar-refractivity contribution in [2.45, 2.75) is 13.0 Å². The zero-order valence-corrected chi connectivity index (χ0v) is 12.8. The topological polar surface area (TPSA) is 64.8 Å². The Morgan fingerprint density at radius 3 is 2.96 bits per heavy atom. The molecule has 114 valence electrons. The fraction of sp³-hybridized carbons (Fsp3) is 0.222. The number of para-hydroxylation sites is 1. The number of carbonyl (C=O) groups is 1. The highest BCUT2D eigenvalue weighted by Gasteiger charge is 2.26. The number of aryl methyl sites for hydroxylation is 1. The van der Waals surface area contributed by atoms with Crippen LogP contribution in [0.1, 0.15) is 27.3 Å². The van der Waals surface area contributed by atoms with Gasteiger partial charge in [0.25, 0.3) is 5.91 Å². The molecule has 4 rings (SSSR count). The number of nitriles is 1. The summed E-state index contributed by atoms with van der Waals surface area (Å²) in [4.78, 5) is 18.0. The summed E-state index contributed by atoms with van der Waals surface area (Å²) in [5.41, 5.74) is 4.62. The smallest absolute Gasteiger partial charge is 0.270 e. The Balaban J connectivity index is 1.66. The largest absolute Gasteiger partial charge is 0.357 e. The van der Waals surface area contributed by atoms with Gasteiger partial charge in [-0.3, -0.25) is 4.79 Å². The Morgan fingerprint density at radius 2 is 2.17 bits per heavy atom. The van der Waals surface area contributed by atoms with Gasteiger partial charge in [0.1, 0.15) is 11.8 Å². The number of hydrogen-bond donors (Lipinski definition) is 1. The molecule has 0 bridgehead atoms. The lowest BCUT2D eigenvalue weighted by molar-refractivity contribution is 0.0723. The first kappa shape index (κ1) is 13.6. The molecule has 1 aliphatic heterocycles. The quantitative estimate of drug-likeness (QED) is 0.751. The van der Waals surface area contributed by atoms with Crippen molar-refractivity contribution in [2.75, 3.05) is 6.54 Å². The fourth-order valence-electron chi connectivity index (χ4n) is 3.37. The van der Waals surface area contributed by atoms with Crippen LogP contribution in [-0.4, -0.2) is 26.9 Å². The van der Waals surface area contributed by atoms with E-state index in [2.05, 4.69) is 23.2 Å². The SMILES string of the molecule is Cn1cc(C#N)cc1C(=O)N1CCc2c([nH]c3ccccc23)C1. The summed E-state index contributed by atoms with van der Waals surface area (Å²) >= 11 is 0. The number of nitrogens with zero attached hydrogens (tertiary/aromatic N) is 3. The maximum Gasteiger partial charge on any atom is 0.270 e. The van der Waals surface area contributed by atoms with Crippen molar-refractivity contribution in [3.05, 3.63) is 59.0 Å². The highest BCUT2D eigenvalue weighted by Crippen LogP contribution is 2.28. The molecule has 1 aliphatic rings. The molecule has 0 saturated carbocycles. The van der Waals surface area contributed by atoms with E-state index in [1.165, 1.54) is 10.9 Å². The van der Waals surface area contributed by atoms with Gasteiger partial charge in [0.05, 0.1) is 12.1 Å². The summed E-state index contributed by atoms with van der Waals surface area (Å²) in [6.45, 7) is 1.27. The second kappa shape index (κ2) is 5.03. The average Bonchev–Trinajstić information content (AvgIpc) is 3.13. The molecule has 1 amide bonds. The molecule has 5 nitrogen and oxygen atoms in total. The van der Waals surface area contributed by atoms with Gasteiger partial charge < -0.3 is 14.5 Å². The van der Waals surface area contributed by atoms with Gasteiger partial charge in [-0.1, -0.05) is 18.2 Å². The van der Waals surface area contributed by atoms with E-state index in [-0.39, 0.29) is 5.91 Å². The second-order valence-electron chi connectivity index (χ2n) is 5.94. The molecule has 0 fully saturated rings. The molecule has 1 aromatic carbocycles. The van der Waals surface area contributed by atoms with E-state index >= 15 is 0 Å². The lowest BCUT2D eigenvalue weighted by Gasteiger charge is -2.27. The first-order valence-corrected chi connectivity index (χ1v) is 7.61. The summed E-state index contributed by atoms with van der Waals surface area (Å²) in [6, 6.07) is 12.0. The maximum atomic E-state index is 12.8. The molecule has 3 heterocycles. The minimum Gasteiger partial charge on any atom is -0.357 e. The van der Waals surface area contributed by atoms with Gasteiger partial charge in [-0.15, -0.1) is 0 Å². The van der Waals surface area contributed by atoms with Crippen LogP contribution in [0, 0.1) is 11.3 Å². The van der Waals surface area contributed by atoms with Crippen molar-refractivity contribution in [1.29, 1.82) is 5.26 Å². The normalized spacial score (nSPS) is 13.8. The van der Waals surface area contributed by atoms with Gasteiger partial charge in [0.15, 0.2) is 0 Å². The van der Waals surface area contributed by atoms with Crippen molar-refractivity contribution >= 4 is 16.8 Å². The molecular formula is C18H16N4O. The molecule has 0 radical (unpaired) electrons. The standard InChI is InChI=1S/C18H16N4O/c1-21-10-12(9-19)8-17(21)18(23)22-7-6-14-13-4-2-3-5-15(13)20-16(14)11-22/h2-5,8,10,20H,6-7,11H2,1H3. The first-order valence-electron chi connectivity index (χ1n) is 7.61. The van der Waals surface area contributed by atoms with Crippen molar-refractivity contribution < 1.29 is 4.79 Å². The van der Waals surface area contributed by atoms with Crippen LogP contribution < -0.4 is 0 Å². The number of aromatic amines is 1. The molecule has 0 saturated heterocycles. The van der Waals surface area contributed by atoms with Crippen LogP contribution in [-0.2, 0) is 20.0 Å². The van der Waals surface area contributed by atoms with Crippen LogP contribution in [0.2, 0.25) is 0 Å². The number of benzene rings is 1. The number of H-pyrrole nitrogens is 1. The highest BCUT2D eigenvalue weighted by molar-refractivity contribution is 5.94. The van der Waals surface area contributed by atoms with Crippen molar-refractivity contribution in [2.24, 2.45) is 7.05 Å². The molecule has 5 heteroatoms. The lowest BCUT2D eigenvalue weighted by atomic mass is 10.0. The molecule has 1 N–H and O–H groups in total. The third-order valence-corrected chi connectivity index (χ3v) is 4.52. The van der Waals surface area contributed by atoms with Crippen LogP contribution in [0.15, 0.2) is 36.5 Å². The van der Waals surface area contributed by atoms with E-state index in [9.17, 15) is 4.79 Å². The Hall–Kier alpha value is -3.00. The number of rotatable bonds is 1. The van der Waals surface area contributed by atoms with Crippen LogP contribution in [0.4, 0.5) is 0 Å². The molecule has 23 heavy (non-hydrogen) atoms. The van der Waals surface area contributed by atoms with Crippen LogP contribution in [0.3, 0.4) is 0 Å². The zero-order chi connectivity index (χ0) is 16.0. The Bertz CT molecular complexity index is 957. The fourth-order valence-corrected chi connectivity index (χ4v) is 3.37. The minimum absolute atomic E-state index is 0.0293. The summed E-state index contributed by atoms with van der Waals surface area (Å²) in [5.74, 6) is -0.0293. The van der Waals surface area contributed by atoms with Gasteiger partial charge in [0.2, 0.25) is 0 Å². The van der Waals surface area contributed by atoms with Crippen molar-refractivity contribution in [3.8, 4) is 6.07 Å². The Labute approximate surface area is 133 Å².